The average Bonchev–Trinajstić information content (AvgIpc) is 2.84. The van der Waals surface area contributed by atoms with Gasteiger partial charge in [0.1, 0.15) is 4.21 Å². The molecule has 1 heterocycles. The van der Waals surface area contributed by atoms with Gasteiger partial charge in [-0.25, -0.2) is 13.1 Å². The third-order valence-corrected chi connectivity index (χ3v) is 6.78. The molecule has 18 heavy (non-hydrogen) atoms. The van der Waals surface area contributed by atoms with Crippen LogP contribution in [-0.2, 0) is 16.4 Å². The van der Waals surface area contributed by atoms with E-state index in [0.717, 1.165) is 30.6 Å². The largest absolute Gasteiger partial charge is 0.250 e. The van der Waals surface area contributed by atoms with E-state index in [4.69, 9.17) is 0 Å². The summed E-state index contributed by atoms with van der Waals surface area (Å²) in [4.78, 5) is 1.11. The van der Waals surface area contributed by atoms with E-state index in [1.807, 2.05) is 13.0 Å². The van der Waals surface area contributed by atoms with Crippen molar-refractivity contribution >= 4 is 21.4 Å². The quantitative estimate of drug-likeness (QED) is 0.924. The van der Waals surface area contributed by atoms with Crippen LogP contribution in [0.5, 0.6) is 0 Å². The molecule has 1 aromatic rings. The Labute approximate surface area is 114 Å². The average molecular weight is 287 g/mol. The van der Waals surface area contributed by atoms with E-state index in [9.17, 15) is 8.42 Å². The van der Waals surface area contributed by atoms with Crippen molar-refractivity contribution in [2.24, 2.45) is 5.41 Å². The predicted octanol–water partition coefficient (Wildman–Crippen LogP) is 3.17. The second-order valence-electron chi connectivity index (χ2n) is 5.80. The molecule has 0 bridgehead atoms. The minimum absolute atomic E-state index is 0.0946. The lowest BCUT2D eigenvalue weighted by molar-refractivity contribution is 0.372. The fourth-order valence-corrected chi connectivity index (χ4v) is 5.09. The van der Waals surface area contributed by atoms with Gasteiger partial charge in [0.2, 0.25) is 10.0 Å². The summed E-state index contributed by atoms with van der Waals surface area (Å²) in [6.45, 7) is 6.43. The first-order chi connectivity index (χ1) is 8.32. The molecule has 0 saturated heterocycles. The van der Waals surface area contributed by atoms with Crippen molar-refractivity contribution in [2.75, 3.05) is 0 Å². The lowest BCUT2D eigenvalue weighted by Gasteiger charge is -2.17. The van der Waals surface area contributed by atoms with Gasteiger partial charge >= 0.3 is 0 Å². The zero-order valence-electron chi connectivity index (χ0n) is 11.2. The SMILES string of the molecule is CCc1ccc(S(=O)(=O)NC2CCC(C)(C)C2)s1. The molecule has 1 aliphatic rings. The van der Waals surface area contributed by atoms with Crippen LogP contribution in [0.3, 0.4) is 0 Å². The van der Waals surface area contributed by atoms with Crippen molar-refractivity contribution in [3.05, 3.63) is 17.0 Å². The predicted molar refractivity (Wildman–Crippen MR) is 75.4 cm³/mol. The van der Waals surface area contributed by atoms with E-state index >= 15 is 0 Å². The van der Waals surface area contributed by atoms with Crippen LogP contribution in [0.1, 0.15) is 44.9 Å². The summed E-state index contributed by atoms with van der Waals surface area (Å²) in [5, 5.41) is 0. The molecule has 1 saturated carbocycles. The van der Waals surface area contributed by atoms with Gasteiger partial charge in [0.05, 0.1) is 0 Å². The minimum atomic E-state index is -3.31. The molecular formula is C13H21NO2S2. The Balaban J connectivity index is 2.08. The van der Waals surface area contributed by atoms with Crippen LogP contribution in [-0.4, -0.2) is 14.5 Å². The molecule has 1 fully saturated rings. The number of sulfonamides is 1. The molecule has 0 amide bonds. The number of hydrogen-bond donors (Lipinski definition) is 1. The zero-order valence-corrected chi connectivity index (χ0v) is 12.8. The molecule has 0 radical (unpaired) electrons. The summed E-state index contributed by atoms with van der Waals surface area (Å²) in [7, 11) is -3.31. The van der Waals surface area contributed by atoms with Crippen molar-refractivity contribution < 1.29 is 8.42 Å². The first kappa shape index (κ1) is 14.0. The van der Waals surface area contributed by atoms with Crippen LogP contribution in [0.25, 0.3) is 0 Å². The monoisotopic (exact) mass is 287 g/mol. The highest BCUT2D eigenvalue weighted by molar-refractivity contribution is 7.91. The highest BCUT2D eigenvalue weighted by Gasteiger charge is 2.33. The Kier molecular flexibility index (Phi) is 3.85. The molecule has 5 heteroatoms. The first-order valence-corrected chi connectivity index (χ1v) is 8.73. The summed E-state index contributed by atoms with van der Waals surface area (Å²) in [6.07, 6.45) is 3.85. The van der Waals surface area contributed by atoms with Crippen molar-refractivity contribution in [1.29, 1.82) is 0 Å². The summed E-state index contributed by atoms with van der Waals surface area (Å²) in [5.74, 6) is 0. The second kappa shape index (κ2) is 4.94. The number of aryl methyl sites for hydroxylation is 1. The Morgan fingerprint density at radius 1 is 1.44 bits per heavy atom. The highest BCUT2D eigenvalue weighted by atomic mass is 32.2. The number of rotatable bonds is 4. The molecular weight excluding hydrogens is 266 g/mol. The van der Waals surface area contributed by atoms with Crippen molar-refractivity contribution in [2.45, 2.75) is 56.7 Å². The van der Waals surface area contributed by atoms with Crippen molar-refractivity contribution in [1.82, 2.24) is 4.72 Å². The van der Waals surface area contributed by atoms with Crippen LogP contribution in [0.4, 0.5) is 0 Å². The molecule has 1 atom stereocenters. The van der Waals surface area contributed by atoms with Crippen LogP contribution < -0.4 is 4.72 Å². The van der Waals surface area contributed by atoms with E-state index in [0.29, 0.717) is 4.21 Å². The van der Waals surface area contributed by atoms with Gasteiger partial charge in [0.25, 0.3) is 0 Å². The van der Waals surface area contributed by atoms with Crippen LogP contribution >= 0.6 is 11.3 Å². The van der Waals surface area contributed by atoms with Gasteiger partial charge in [-0.2, -0.15) is 0 Å². The molecule has 0 spiro atoms. The van der Waals surface area contributed by atoms with Gasteiger partial charge in [-0.15, -0.1) is 11.3 Å². The lowest BCUT2D eigenvalue weighted by Crippen LogP contribution is -2.33. The topological polar surface area (TPSA) is 46.2 Å². The maximum absolute atomic E-state index is 12.2. The maximum atomic E-state index is 12.2. The summed E-state index contributed by atoms with van der Waals surface area (Å²) in [6, 6.07) is 3.71. The fraction of sp³-hybridized carbons (Fsp3) is 0.692. The van der Waals surface area contributed by atoms with Gasteiger partial charge in [0, 0.05) is 10.9 Å². The first-order valence-electron chi connectivity index (χ1n) is 6.43. The normalized spacial score (nSPS) is 23.4. The van der Waals surface area contributed by atoms with E-state index in [-0.39, 0.29) is 11.5 Å². The molecule has 1 aromatic heterocycles. The van der Waals surface area contributed by atoms with E-state index in [1.165, 1.54) is 11.3 Å². The summed E-state index contributed by atoms with van der Waals surface area (Å²) < 4.78 is 27.8. The summed E-state index contributed by atoms with van der Waals surface area (Å²) >= 11 is 1.37. The maximum Gasteiger partial charge on any atom is 0.250 e. The number of hydrogen-bond acceptors (Lipinski definition) is 3. The van der Waals surface area contributed by atoms with Gasteiger partial charge in [-0.3, -0.25) is 0 Å². The lowest BCUT2D eigenvalue weighted by atomic mass is 9.92. The van der Waals surface area contributed by atoms with Gasteiger partial charge in [-0.05, 0) is 43.2 Å². The third kappa shape index (κ3) is 3.13. The number of thiophene rings is 1. The van der Waals surface area contributed by atoms with Crippen LogP contribution in [0, 0.1) is 5.41 Å². The number of nitrogens with one attached hydrogen (secondary N) is 1. The molecule has 0 aromatic carbocycles. The van der Waals surface area contributed by atoms with Crippen LogP contribution in [0.15, 0.2) is 16.3 Å². The Hall–Kier alpha value is -0.390. The molecule has 0 aliphatic heterocycles. The van der Waals surface area contributed by atoms with Crippen molar-refractivity contribution in [3.8, 4) is 0 Å². The second-order valence-corrected chi connectivity index (χ2v) is 8.91. The van der Waals surface area contributed by atoms with Crippen LogP contribution in [0.2, 0.25) is 0 Å². The highest BCUT2D eigenvalue weighted by Crippen LogP contribution is 2.37. The van der Waals surface area contributed by atoms with Gasteiger partial charge < -0.3 is 0 Å². The van der Waals surface area contributed by atoms with E-state index in [1.54, 1.807) is 6.07 Å². The minimum Gasteiger partial charge on any atom is -0.207 e. The fourth-order valence-electron chi connectivity index (χ4n) is 2.51. The molecule has 1 unspecified atom stereocenters. The molecule has 1 N–H and O–H groups in total. The Morgan fingerprint density at radius 2 is 2.17 bits per heavy atom. The molecule has 3 nitrogen and oxygen atoms in total. The smallest absolute Gasteiger partial charge is 0.207 e. The molecule has 102 valence electrons. The zero-order chi connectivity index (χ0) is 13.4. The van der Waals surface area contributed by atoms with E-state index < -0.39 is 10.0 Å². The third-order valence-electron chi connectivity index (χ3n) is 3.54. The molecule has 2 rings (SSSR count). The Bertz CT molecular complexity index is 517. The summed E-state index contributed by atoms with van der Waals surface area (Å²) in [5.41, 5.74) is 0.261. The van der Waals surface area contributed by atoms with E-state index in [2.05, 4.69) is 18.6 Å². The molecule has 1 aliphatic carbocycles. The Morgan fingerprint density at radius 3 is 2.67 bits per heavy atom. The van der Waals surface area contributed by atoms with Crippen molar-refractivity contribution in [3.63, 3.8) is 0 Å². The standard InChI is InChI=1S/C13H21NO2S2/c1-4-11-5-6-12(17-11)18(15,16)14-10-7-8-13(2,3)9-10/h5-6,10,14H,4,7-9H2,1-3H3. The van der Waals surface area contributed by atoms with Gasteiger partial charge in [0.15, 0.2) is 0 Å². The van der Waals surface area contributed by atoms with Gasteiger partial charge in [-0.1, -0.05) is 20.8 Å².